The van der Waals surface area contributed by atoms with Gasteiger partial charge in [-0.3, -0.25) is 0 Å². The molecule has 0 aromatic carbocycles. The standard InChI is InChI=1S/C8H13F2N/c1-4-6(2)7(3)8(9,10)5-11/h6-7H,4H2,1-3H3. The number of hydrogen-bond acceptors (Lipinski definition) is 1. The van der Waals surface area contributed by atoms with Crippen molar-refractivity contribution < 1.29 is 8.78 Å². The number of halogens is 2. The average Bonchev–Trinajstić information content (AvgIpc) is 2.01. The largest absolute Gasteiger partial charge is 0.334 e. The van der Waals surface area contributed by atoms with Crippen LogP contribution in [0.5, 0.6) is 0 Å². The Bertz CT molecular complexity index is 160. The van der Waals surface area contributed by atoms with Crippen molar-refractivity contribution >= 4 is 0 Å². The Hall–Kier alpha value is -0.650. The van der Waals surface area contributed by atoms with Crippen LogP contribution in [0.2, 0.25) is 0 Å². The Kier molecular flexibility index (Phi) is 3.44. The summed E-state index contributed by atoms with van der Waals surface area (Å²) in [5.74, 6) is -4.13. The number of nitrogens with zero attached hydrogens (tertiary/aromatic N) is 1. The van der Waals surface area contributed by atoms with E-state index in [-0.39, 0.29) is 5.92 Å². The van der Waals surface area contributed by atoms with Crippen LogP contribution in [0.25, 0.3) is 0 Å². The van der Waals surface area contributed by atoms with Gasteiger partial charge < -0.3 is 0 Å². The Morgan fingerprint density at radius 1 is 1.45 bits per heavy atom. The summed E-state index contributed by atoms with van der Waals surface area (Å²) in [5.41, 5.74) is 0. The van der Waals surface area contributed by atoms with Gasteiger partial charge >= 0.3 is 5.92 Å². The maximum absolute atomic E-state index is 12.6. The normalized spacial score (nSPS) is 17.1. The van der Waals surface area contributed by atoms with Crippen LogP contribution in [-0.4, -0.2) is 5.92 Å². The SMILES string of the molecule is CCC(C)C(C)C(F)(F)C#N. The molecule has 0 aliphatic rings. The first-order chi connectivity index (χ1) is 4.95. The Morgan fingerprint density at radius 3 is 2.18 bits per heavy atom. The summed E-state index contributed by atoms with van der Waals surface area (Å²) in [5, 5.41) is 8.11. The highest BCUT2D eigenvalue weighted by atomic mass is 19.3. The predicted octanol–water partition coefficient (Wildman–Crippen LogP) is 2.83. The van der Waals surface area contributed by atoms with Gasteiger partial charge in [-0.25, -0.2) is 0 Å². The lowest BCUT2D eigenvalue weighted by Crippen LogP contribution is -2.28. The van der Waals surface area contributed by atoms with Gasteiger partial charge in [-0.2, -0.15) is 14.0 Å². The summed E-state index contributed by atoms with van der Waals surface area (Å²) in [6.07, 6.45) is 0.679. The van der Waals surface area contributed by atoms with E-state index in [0.29, 0.717) is 6.42 Å². The van der Waals surface area contributed by atoms with Crippen LogP contribution in [-0.2, 0) is 0 Å². The molecule has 2 unspecified atom stereocenters. The summed E-state index contributed by atoms with van der Waals surface area (Å²) in [6, 6.07) is 1.02. The molecule has 3 heteroatoms. The van der Waals surface area contributed by atoms with E-state index in [2.05, 4.69) is 0 Å². The van der Waals surface area contributed by atoms with Crippen molar-refractivity contribution in [1.82, 2.24) is 0 Å². The molecule has 64 valence electrons. The average molecular weight is 161 g/mol. The molecule has 0 amide bonds. The molecule has 0 rings (SSSR count). The topological polar surface area (TPSA) is 23.8 Å². The minimum Gasteiger partial charge on any atom is -0.192 e. The van der Waals surface area contributed by atoms with Crippen molar-refractivity contribution in [3.05, 3.63) is 0 Å². The fourth-order valence-electron chi connectivity index (χ4n) is 0.813. The number of nitriles is 1. The van der Waals surface area contributed by atoms with E-state index in [9.17, 15) is 8.78 Å². The number of alkyl halides is 2. The van der Waals surface area contributed by atoms with Crippen molar-refractivity contribution in [2.24, 2.45) is 11.8 Å². The minimum atomic E-state index is -3.17. The van der Waals surface area contributed by atoms with Gasteiger partial charge in [0.15, 0.2) is 0 Å². The van der Waals surface area contributed by atoms with Gasteiger partial charge in [-0.15, -0.1) is 0 Å². The van der Waals surface area contributed by atoms with Gasteiger partial charge in [0.25, 0.3) is 0 Å². The molecule has 0 saturated carbocycles. The van der Waals surface area contributed by atoms with Gasteiger partial charge in [-0.1, -0.05) is 27.2 Å². The van der Waals surface area contributed by atoms with Gasteiger partial charge in [0.2, 0.25) is 0 Å². The highest BCUT2D eigenvalue weighted by Gasteiger charge is 2.38. The van der Waals surface area contributed by atoms with Crippen LogP contribution in [0, 0.1) is 23.2 Å². The summed E-state index contributed by atoms with van der Waals surface area (Å²) in [4.78, 5) is 0. The van der Waals surface area contributed by atoms with E-state index < -0.39 is 11.8 Å². The fraction of sp³-hybridized carbons (Fsp3) is 0.875. The molecule has 0 N–H and O–H groups in total. The van der Waals surface area contributed by atoms with Crippen LogP contribution < -0.4 is 0 Å². The predicted molar refractivity (Wildman–Crippen MR) is 39.2 cm³/mol. The number of rotatable bonds is 3. The second-order valence-corrected chi connectivity index (χ2v) is 2.91. The Labute approximate surface area is 66.0 Å². The monoisotopic (exact) mass is 161 g/mol. The second-order valence-electron chi connectivity index (χ2n) is 2.91. The van der Waals surface area contributed by atoms with E-state index in [0.717, 1.165) is 6.07 Å². The zero-order valence-electron chi connectivity index (χ0n) is 7.06. The first-order valence-electron chi connectivity index (χ1n) is 3.74. The van der Waals surface area contributed by atoms with Gasteiger partial charge in [0.1, 0.15) is 6.07 Å². The number of hydrogen-bond donors (Lipinski definition) is 0. The van der Waals surface area contributed by atoms with Crippen molar-refractivity contribution in [2.45, 2.75) is 33.1 Å². The third-order valence-corrected chi connectivity index (χ3v) is 2.22. The minimum absolute atomic E-state index is 0.107. The fourth-order valence-corrected chi connectivity index (χ4v) is 0.813. The zero-order valence-corrected chi connectivity index (χ0v) is 7.06. The molecule has 2 atom stereocenters. The third-order valence-electron chi connectivity index (χ3n) is 2.22. The smallest absolute Gasteiger partial charge is 0.192 e. The van der Waals surface area contributed by atoms with Crippen LogP contribution in [0.3, 0.4) is 0 Å². The molecule has 0 radical (unpaired) electrons. The maximum Gasteiger partial charge on any atom is 0.334 e. The lowest BCUT2D eigenvalue weighted by Gasteiger charge is -2.21. The molecule has 1 nitrogen and oxygen atoms in total. The highest BCUT2D eigenvalue weighted by Crippen LogP contribution is 2.30. The van der Waals surface area contributed by atoms with Gasteiger partial charge in [-0.05, 0) is 5.92 Å². The first kappa shape index (κ1) is 10.3. The molecule has 0 aliphatic carbocycles. The molecule has 0 aromatic heterocycles. The molecule has 11 heavy (non-hydrogen) atoms. The Morgan fingerprint density at radius 2 is 1.91 bits per heavy atom. The quantitative estimate of drug-likeness (QED) is 0.624. The van der Waals surface area contributed by atoms with Crippen molar-refractivity contribution in [1.29, 1.82) is 5.26 Å². The van der Waals surface area contributed by atoms with E-state index in [1.165, 1.54) is 6.92 Å². The first-order valence-corrected chi connectivity index (χ1v) is 3.74. The molecular formula is C8H13F2N. The van der Waals surface area contributed by atoms with Crippen LogP contribution in [0.15, 0.2) is 0 Å². The lowest BCUT2D eigenvalue weighted by molar-refractivity contribution is -0.0164. The molecule has 0 heterocycles. The summed E-state index contributed by atoms with van der Waals surface area (Å²) in [6.45, 7) is 4.99. The van der Waals surface area contributed by atoms with E-state index in [1.807, 2.05) is 6.92 Å². The van der Waals surface area contributed by atoms with Crippen molar-refractivity contribution in [2.75, 3.05) is 0 Å². The van der Waals surface area contributed by atoms with Crippen LogP contribution >= 0.6 is 0 Å². The van der Waals surface area contributed by atoms with Crippen molar-refractivity contribution in [3.8, 4) is 6.07 Å². The molecule has 0 bridgehead atoms. The van der Waals surface area contributed by atoms with E-state index in [1.54, 1.807) is 6.92 Å². The van der Waals surface area contributed by atoms with Gasteiger partial charge in [0.05, 0.1) is 0 Å². The highest BCUT2D eigenvalue weighted by molar-refractivity contribution is 4.96. The van der Waals surface area contributed by atoms with Crippen LogP contribution in [0.4, 0.5) is 8.78 Å². The molecule has 0 spiro atoms. The summed E-state index contributed by atoms with van der Waals surface area (Å²) >= 11 is 0. The Balaban J connectivity index is 4.25. The second kappa shape index (κ2) is 3.66. The molecule has 0 aliphatic heterocycles. The molecule has 0 aromatic rings. The molecular weight excluding hydrogens is 148 g/mol. The van der Waals surface area contributed by atoms with Crippen molar-refractivity contribution in [3.63, 3.8) is 0 Å². The molecule has 0 saturated heterocycles. The third kappa shape index (κ3) is 2.45. The van der Waals surface area contributed by atoms with Gasteiger partial charge in [0, 0.05) is 5.92 Å². The lowest BCUT2D eigenvalue weighted by atomic mass is 9.89. The van der Waals surface area contributed by atoms with Crippen LogP contribution in [0.1, 0.15) is 27.2 Å². The summed E-state index contributed by atoms with van der Waals surface area (Å²) in [7, 11) is 0. The van der Waals surface area contributed by atoms with E-state index in [4.69, 9.17) is 5.26 Å². The summed E-state index contributed by atoms with van der Waals surface area (Å²) < 4.78 is 25.2. The zero-order chi connectivity index (χ0) is 9.07. The molecule has 0 fully saturated rings. The van der Waals surface area contributed by atoms with E-state index >= 15 is 0 Å². The maximum atomic E-state index is 12.6.